The first-order valence-electron chi connectivity index (χ1n) is 8.86. The number of aromatic nitrogens is 6. The van der Waals surface area contributed by atoms with Crippen molar-refractivity contribution in [2.24, 2.45) is 14.1 Å². The second-order valence-electron chi connectivity index (χ2n) is 6.56. The number of anilines is 1. The van der Waals surface area contributed by atoms with Gasteiger partial charge in [0.15, 0.2) is 17.0 Å². The molecular formula is C19H16N8O3. The quantitative estimate of drug-likeness (QED) is 0.514. The summed E-state index contributed by atoms with van der Waals surface area (Å²) in [6.45, 7) is -0.241. The van der Waals surface area contributed by atoms with Gasteiger partial charge in [-0.15, -0.1) is 0 Å². The lowest BCUT2D eigenvalue weighted by molar-refractivity contribution is -0.116. The van der Waals surface area contributed by atoms with Crippen LogP contribution in [0.25, 0.3) is 16.9 Å². The number of hydrogen-bond acceptors (Lipinski definition) is 6. The number of nitrogens with one attached hydrogen (secondary N) is 1. The fraction of sp³-hybridized carbons (Fsp3) is 0.158. The van der Waals surface area contributed by atoms with Gasteiger partial charge in [0.05, 0.1) is 18.2 Å². The van der Waals surface area contributed by atoms with Crippen molar-refractivity contribution < 1.29 is 4.79 Å². The molecule has 0 bridgehead atoms. The Morgan fingerprint density at radius 1 is 1.17 bits per heavy atom. The average molecular weight is 404 g/mol. The van der Waals surface area contributed by atoms with E-state index < -0.39 is 17.2 Å². The van der Waals surface area contributed by atoms with Gasteiger partial charge in [0.1, 0.15) is 18.2 Å². The van der Waals surface area contributed by atoms with E-state index in [1.807, 2.05) is 24.3 Å². The number of carbonyl (C=O) groups is 1. The van der Waals surface area contributed by atoms with Gasteiger partial charge in [0, 0.05) is 14.1 Å². The number of carbonyl (C=O) groups excluding carboxylic acids is 1. The summed E-state index contributed by atoms with van der Waals surface area (Å²) in [4.78, 5) is 41.4. The van der Waals surface area contributed by atoms with E-state index in [2.05, 4.69) is 15.4 Å². The molecule has 11 nitrogen and oxygen atoms in total. The number of aryl methyl sites for hydroxylation is 1. The third-order valence-electron chi connectivity index (χ3n) is 4.68. The van der Waals surface area contributed by atoms with Crippen molar-refractivity contribution in [3.05, 3.63) is 69.3 Å². The average Bonchev–Trinajstić information content (AvgIpc) is 3.35. The van der Waals surface area contributed by atoms with Crippen LogP contribution in [0, 0.1) is 11.3 Å². The van der Waals surface area contributed by atoms with Gasteiger partial charge in [-0.2, -0.15) is 10.4 Å². The molecule has 0 spiro atoms. The molecule has 0 saturated heterocycles. The van der Waals surface area contributed by atoms with Crippen LogP contribution in [0.4, 0.5) is 5.82 Å². The van der Waals surface area contributed by atoms with Crippen LogP contribution >= 0.6 is 0 Å². The highest BCUT2D eigenvalue weighted by Gasteiger charge is 2.18. The third kappa shape index (κ3) is 2.96. The summed E-state index contributed by atoms with van der Waals surface area (Å²) in [5.74, 6) is -0.266. The van der Waals surface area contributed by atoms with Crippen molar-refractivity contribution in [2.75, 3.05) is 5.32 Å². The highest BCUT2D eigenvalue weighted by Crippen LogP contribution is 2.19. The molecule has 0 aliphatic carbocycles. The number of nitrogens with zero attached hydrogens (tertiary/aromatic N) is 7. The zero-order valence-corrected chi connectivity index (χ0v) is 16.1. The van der Waals surface area contributed by atoms with Crippen LogP contribution in [0.3, 0.4) is 0 Å². The standard InChI is InChI=1S/C19H16N8O3/c1-24-17-15(18(29)25(2)19(24)30)26(11-21-17)10-14(28)23-16-12(8-20)9-22-27(16)13-6-4-3-5-7-13/h3-7,9,11H,10H2,1-2H3,(H,23,28). The molecule has 0 unspecified atom stereocenters. The first kappa shape index (κ1) is 18.9. The maximum absolute atomic E-state index is 12.7. The Balaban J connectivity index is 1.69. The van der Waals surface area contributed by atoms with Gasteiger partial charge >= 0.3 is 5.69 Å². The second-order valence-corrected chi connectivity index (χ2v) is 6.56. The number of para-hydroxylation sites is 1. The molecule has 0 saturated carbocycles. The molecule has 0 fully saturated rings. The first-order valence-corrected chi connectivity index (χ1v) is 8.86. The van der Waals surface area contributed by atoms with E-state index in [0.717, 1.165) is 4.57 Å². The summed E-state index contributed by atoms with van der Waals surface area (Å²) in [5, 5.41) is 16.2. The second kappa shape index (κ2) is 7.17. The van der Waals surface area contributed by atoms with E-state index >= 15 is 0 Å². The molecule has 4 aromatic rings. The van der Waals surface area contributed by atoms with Gasteiger partial charge in [-0.05, 0) is 12.1 Å². The van der Waals surface area contributed by atoms with Gasteiger partial charge in [0.25, 0.3) is 5.56 Å². The molecular weight excluding hydrogens is 388 g/mol. The Kier molecular flexibility index (Phi) is 4.51. The van der Waals surface area contributed by atoms with Gasteiger partial charge in [-0.3, -0.25) is 18.7 Å². The number of rotatable bonds is 4. The minimum atomic E-state index is -0.551. The fourth-order valence-corrected chi connectivity index (χ4v) is 3.16. The molecule has 0 atom stereocenters. The molecule has 0 aliphatic rings. The predicted molar refractivity (Wildman–Crippen MR) is 107 cm³/mol. The molecule has 0 aliphatic heterocycles. The fourth-order valence-electron chi connectivity index (χ4n) is 3.16. The highest BCUT2D eigenvalue weighted by atomic mass is 16.2. The molecule has 3 heterocycles. The maximum atomic E-state index is 12.7. The molecule has 4 rings (SSSR count). The van der Waals surface area contributed by atoms with Crippen LogP contribution in [-0.2, 0) is 25.4 Å². The molecule has 30 heavy (non-hydrogen) atoms. The lowest BCUT2D eigenvalue weighted by Gasteiger charge is -2.10. The Morgan fingerprint density at radius 3 is 2.60 bits per heavy atom. The zero-order valence-electron chi connectivity index (χ0n) is 16.1. The van der Waals surface area contributed by atoms with Crippen LogP contribution in [0.15, 0.2) is 52.4 Å². The summed E-state index contributed by atoms with van der Waals surface area (Å²) in [6.07, 6.45) is 2.69. The van der Waals surface area contributed by atoms with E-state index in [-0.39, 0.29) is 29.1 Å². The van der Waals surface area contributed by atoms with E-state index in [4.69, 9.17) is 0 Å². The van der Waals surface area contributed by atoms with Gasteiger partial charge in [-0.1, -0.05) is 18.2 Å². The van der Waals surface area contributed by atoms with Crippen molar-refractivity contribution in [1.29, 1.82) is 5.26 Å². The van der Waals surface area contributed by atoms with Crippen LogP contribution in [-0.4, -0.2) is 34.4 Å². The van der Waals surface area contributed by atoms with Crippen molar-refractivity contribution in [1.82, 2.24) is 28.5 Å². The highest BCUT2D eigenvalue weighted by molar-refractivity contribution is 5.92. The van der Waals surface area contributed by atoms with E-state index in [1.54, 1.807) is 12.1 Å². The van der Waals surface area contributed by atoms with E-state index in [9.17, 15) is 19.6 Å². The van der Waals surface area contributed by atoms with Gasteiger partial charge in [0.2, 0.25) is 5.91 Å². The number of fused-ring (bicyclic) bond motifs is 1. The topological polar surface area (TPSA) is 133 Å². The minimum absolute atomic E-state index is 0.131. The van der Waals surface area contributed by atoms with Gasteiger partial charge in [-0.25, -0.2) is 14.5 Å². The Morgan fingerprint density at radius 2 is 1.90 bits per heavy atom. The molecule has 3 aromatic heterocycles. The zero-order chi connectivity index (χ0) is 21.4. The Hall–Kier alpha value is -4.46. The minimum Gasteiger partial charge on any atom is -0.315 e. The van der Waals surface area contributed by atoms with Crippen molar-refractivity contribution in [2.45, 2.75) is 6.54 Å². The number of nitriles is 1. The lowest BCUT2D eigenvalue weighted by Crippen LogP contribution is -2.37. The smallest absolute Gasteiger partial charge is 0.315 e. The van der Waals surface area contributed by atoms with Crippen molar-refractivity contribution >= 4 is 22.9 Å². The molecule has 1 amide bonds. The monoisotopic (exact) mass is 404 g/mol. The number of imidazole rings is 1. The number of hydrogen-bond donors (Lipinski definition) is 1. The van der Waals surface area contributed by atoms with Crippen LogP contribution < -0.4 is 16.6 Å². The lowest BCUT2D eigenvalue weighted by atomic mass is 10.3. The maximum Gasteiger partial charge on any atom is 0.332 e. The Labute approximate surface area is 169 Å². The predicted octanol–water partition coefficient (Wildman–Crippen LogP) is 0.130. The van der Waals surface area contributed by atoms with E-state index in [0.29, 0.717) is 5.69 Å². The largest absolute Gasteiger partial charge is 0.332 e. The van der Waals surface area contributed by atoms with Crippen LogP contribution in [0.5, 0.6) is 0 Å². The molecule has 1 aromatic carbocycles. The first-order chi connectivity index (χ1) is 14.4. The molecule has 0 radical (unpaired) electrons. The molecule has 1 N–H and O–H groups in total. The van der Waals surface area contributed by atoms with E-state index in [1.165, 1.54) is 40.4 Å². The summed E-state index contributed by atoms with van der Waals surface area (Å²) in [6, 6.07) is 11.0. The SMILES string of the molecule is Cn1c(=O)c2c(ncn2CC(=O)Nc2c(C#N)cnn2-c2ccccc2)n(C)c1=O. The summed E-state index contributed by atoms with van der Waals surface area (Å²) < 4.78 is 5.01. The van der Waals surface area contributed by atoms with Crippen LogP contribution in [0.2, 0.25) is 0 Å². The van der Waals surface area contributed by atoms with Crippen LogP contribution in [0.1, 0.15) is 5.56 Å². The Bertz CT molecular complexity index is 1430. The summed E-state index contributed by atoms with van der Waals surface area (Å²) in [7, 11) is 2.86. The summed E-state index contributed by atoms with van der Waals surface area (Å²) in [5.41, 5.74) is 0.125. The third-order valence-corrected chi connectivity index (χ3v) is 4.68. The number of amides is 1. The van der Waals surface area contributed by atoms with Crippen molar-refractivity contribution in [3.8, 4) is 11.8 Å². The molecule has 150 valence electrons. The number of benzene rings is 1. The van der Waals surface area contributed by atoms with Crippen molar-refractivity contribution in [3.63, 3.8) is 0 Å². The molecule has 11 heteroatoms. The summed E-state index contributed by atoms with van der Waals surface area (Å²) >= 11 is 0. The van der Waals surface area contributed by atoms with Gasteiger partial charge < -0.3 is 9.88 Å². The normalized spacial score (nSPS) is 10.8.